The van der Waals surface area contributed by atoms with Gasteiger partial charge < -0.3 is 10.4 Å². The lowest BCUT2D eigenvalue weighted by molar-refractivity contribution is 0.0698. The molecule has 0 atom stereocenters. The number of fused-ring (bicyclic) bond motifs is 1. The van der Waals surface area contributed by atoms with Crippen LogP contribution in [-0.2, 0) is 13.0 Å². The van der Waals surface area contributed by atoms with Crippen LogP contribution in [-0.4, -0.2) is 25.8 Å². The highest BCUT2D eigenvalue weighted by atomic mass is 16.4. The van der Waals surface area contributed by atoms with Crippen molar-refractivity contribution >= 4 is 23.6 Å². The molecule has 4 rings (SSSR count). The van der Waals surface area contributed by atoms with Crippen molar-refractivity contribution in [3.05, 3.63) is 40.9 Å². The molecular weight excluding hydrogens is 304 g/mol. The van der Waals surface area contributed by atoms with E-state index in [0.717, 1.165) is 36.7 Å². The van der Waals surface area contributed by atoms with Crippen molar-refractivity contribution in [3.63, 3.8) is 0 Å². The van der Waals surface area contributed by atoms with Crippen LogP contribution in [0.5, 0.6) is 0 Å². The number of allylic oxidation sites excluding steroid dienone is 1. The summed E-state index contributed by atoms with van der Waals surface area (Å²) >= 11 is 0. The SMILES string of the molecule is CC1=Cc2c(Nc3cnccc3C(=O)O)nn(CC3CC3)c2CC1. The maximum absolute atomic E-state index is 11.4. The summed E-state index contributed by atoms with van der Waals surface area (Å²) in [7, 11) is 0. The number of hydrogen-bond donors (Lipinski definition) is 2. The second kappa shape index (κ2) is 5.78. The molecule has 2 aliphatic carbocycles. The van der Waals surface area contributed by atoms with Crippen LogP contribution in [0, 0.1) is 5.92 Å². The second-order valence-corrected chi connectivity index (χ2v) is 6.68. The number of carboxylic acids is 1. The maximum atomic E-state index is 11.4. The van der Waals surface area contributed by atoms with Crippen LogP contribution in [0.2, 0.25) is 0 Å². The van der Waals surface area contributed by atoms with Crippen molar-refractivity contribution in [2.45, 2.75) is 39.2 Å². The van der Waals surface area contributed by atoms with Gasteiger partial charge in [0.2, 0.25) is 0 Å². The number of pyridine rings is 1. The zero-order valence-electron chi connectivity index (χ0n) is 13.6. The van der Waals surface area contributed by atoms with E-state index in [1.807, 2.05) is 0 Å². The molecule has 2 heterocycles. The lowest BCUT2D eigenvalue weighted by Crippen LogP contribution is -2.09. The first-order valence-corrected chi connectivity index (χ1v) is 8.33. The molecule has 0 aliphatic heterocycles. The molecule has 0 amide bonds. The Balaban J connectivity index is 1.73. The van der Waals surface area contributed by atoms with Crippen molar-refractivity contribution < 1.29 is 9.90 Å². The molecule has 1 fully saturated rings. The minimum atomic E-state index is -0.974. The number of hydrogen-bond acceptors (Lipinski definition) is 4. The number of nitrogens with zero attached hydrogens (tertiary/aromatic N) is 3. The average Bonchev–Trinajstić information content (AvgIpc) is 3.32. The van der Waals surface area contributed by atoms with Gasteiger partial charge in [0, 0.05) is 24.0 Å². The molecule has 0 unspecified atom stereocenters. The molecule has 124 valence electrons. The van der Waals surface area contributed by atoms with Gasteiger partial charge in [0.15, 0.2) is 5.82 Å². The van der Waals surface area contributed by atoms with E-state index in [2.05, 4.69) is 28.0 Å². The maximum Gasteiger partial charge on any atom is 0.337 e. The highest BCUT2D eigenvalue weighted by molar-refractivity contribution is 5.95. The monoisotopic (exact) mass is 324 g/mol. The lowest BCUT2D eigenvalue weighted by atomic mass is 9.98. The number of rotatable bonds is 5. The summed E-state index contributed by atoms with van der Waals surface area (Å²) < 4.78 is 2.11. The van der Waals surface area contributed by atoms with Gasteiger partial charge in [-0.25, -0.2) is 4.79 Å². The Morgan fingerprint density at radius 1 is 1.42 bits per heavy atom. The van der Waals surface area contributed by atoms with Crippen LogP contribution in [0.1, 0.15) is 47.8 Å². The standard InChI is InChI=1S/C18H20N4O2/c1-11-2-5-16-14(8-11)17(21-22(16)10-12-3-4-12)20-15-9-19-7-6-13(15)18(23)24/h6-9,12H,2-5,10H2,1H3,(H,20,21)(H,23,24). The van der Waals surface area contributed by atoms with Gasteiger partial charge in [-0.1, -0.05) is 11.6 Å². The molecule has 0 aromatic carbocycles. The summed E-state index contributed by atoms with van der Waals surface area (Å²) in [6.45, 7) is 3.08. The number of aromatic carboxylic acids is 1. The number of carbonyl (C=O) groups is 1. The molecule has 2 aromatic heterocycles. The van der Waals surface area contributed by atoms with E-state index in [0.29, 0.717) is 5.69 Å². The molecular formula is C18H20N4O2. The predicted molar refractivity (Wildman–Crippen MR) is 91.4 cm³/mol. The normalized spacial score (nSPS) is 16.5. The lowest BCUT2D eigenvalue weighted by Gasteiger charge is -2.13. The van der Waals surface area contributed by atoms with E-state index in [9.17, 15) is 9.90 Å². The molecule has 2 aromatic rings. The van der Waals surface area contributed by atoms with E-state index in [-0.39, 0.29) is 5.56 Å². The largest absolute Gasteiger partial charge is 0.478 e. The first kappa shape index (κ1) is 14.9. The van der Waals surface area contributed by atoms with Crippen LogP contribution in [0.3, 0.4) is 0 Å². The fourth-order valence-electron chi connectivity index (χ4n) is 3.16. The van der Waals surface area contributed by atoms with Crippen molar-refractivity contribution in [2.75, 3.05) is 5.32 Å². The molecule has 0 bridgehead atoms. The zero-order valence-corrected chi connectivity index (χ0v) is 13.6. The second-order valence-electron chi connectivity index (χ2n) is 6.68. The molecule has 0 radical (unpaired) electrons. The molecule has 6 heteroatoms. The minimum Gasteiger partial charge on any atom is -0.478 e. The molecule has 0 saturated heterocycles. The Bertz CT molecular complexity index is 834. The van der Waals surface area contributed by atoms with Crippen molar-refractivity contribution in [3.8, 4) is 0 Å². The third kappa shape index (κ3) is 2.79. The van der Waals surface area contributed by atoms with Crippen molar-refractivity contribution in [1.29, 1.82) is 0 Å². The van der Waals surface area contributed by atoms with Crippen LogP contribution in [0.4, 0.5) is 11.5 Å². The Morgan fingerprint density at radius 3 is 3.00 bits per heavy atom. The number of carboxylic acid groups (broad SMARTS) is 1. The van der Waals surface area contributed by atoms with Crippen LogP contribution in [0.15, 0.2) is 24.0 Å². The van der Waals surface area contributed by atoms with E-state index in [4.69, 9.17) is 5.10 Å². The van der Waals surface area contributed by atoms with Crippen LogP contribution < -0.4 is 5.32 Å². The Labute approximate surface area is 140 Å². The van der Waals surface area contributed by atoms with E-state index >= 15 is 0 Å². The highest BCUT2D eigenvalue weighted by Crippen LogP contribution is 2.35. The quantitative estimate of drug-likeness (QED) is 0.880. The number of nitrogens with one attached hydrogen (secondary N) is 1. The third-order valence-electron chi connectivity index (χ3n) is 4.68. The molecule has 1 saturated carbocycles. The Hall–Kier alpha value is -2.63. The fourth-order valence-corrected chi connectivity index (χ4v) is 3.16. The van der Waals surface area contributed by atoms with Crippen molar-refractivity contribution in [2.24, 2.45) is 5.92 Å². The highest BCUT2D eigenvalue weighted by Gasteiger charge is 2.27. The van der Waals surface area contributed by atoms with Crippen LogP contribution in [0.25, 0.3) is 6.08 Å². The number of anilines is 2. The molecule has 2 N–H and O–H groups in total. The van der Waals surface area contributed by atoms with E-state index in [1.54, 1.807) is 0 Å². The van der Waals surface area contributed by atoms with E-state index < -0.39 is 5.97 Å². The molecule has 6 nitrogen and oxygen atoms in total. The summed E-state index contributed by atoms with van der Waals surface area (Å²) in [6.07, 6.45) is 9.77. The van der Waals surface area contributed by atoms with Gasteiger partial charge in [0.05, 0.1) is 17.4 Å². The summed E-state index contributed by atoms with van der Waals surface area (Å²) in [5, 5.41) is 17.3. The minimum absolute atomic E-state index is 0.201. The summed E-state index contributed by atoms with van der Waals surface area (Å²) in [4.78, 5) is 15.4. The van der Waals surface area contributed by atoms with Gasteiger partial charge in [-0.05, 0) is 44.6 Å². The van der Waals surface area contributed by atoms with Crippen molar-refractivity contribution in [1.82, 2.24) is 14.8 Å². The van der Waals surface area contributed by atoms with E-state index in [1.165, 1.54) is 42.6 Å². The smallest absolute Gasteiger partial charge is 0.337 e. The first-order chi connectivity index (χ1) is 11.6. The number of aromatic nitrogens is 3. The van der Waals surface area contributed by atoms with Gasteiger partial charge in [0.1, 0.15) is 0 Å². The van der Waals surface area contributed by atoms with Gasteiger partial charge in [-0.3, -0.25) is 9.67 Å². The van der Waals surface area contributed by atoms with Gasteiger partial charge in [-0.2, -0.15) is 5.10 Å². The Morgan fingerprint density at radius 2 is 2.25 bits per heavy atom. The van der Waals surface area contributed by atoms with Gasteiger partial charge >= 0.3 is 5.97 Å². The molecule has 24 heavy (non-hydrogen) atoms. The van der Waals surface area contributed by atoms with Crippen LogP contribution >= 0.6 is 0 Å². The van der Waals surface area contributed by atoms with Gasteiger partial charge in [-0.15, -0.1) is 0 Å². The topological polar surface area (TPSA) is 80.0 Å². The molecule has 0 spiro atoms. The average molecular weight is 324 g/mol. The predicted octanol–water partition coefficient (Wildman–Crippen LogP) is 3.48. The molecule has 2 aliphatic rings. The Kier molecular flexibility index (Phi) is 3.59. The third-order valence-corrected chi connectivity index (χ3v) is 4.68. The first-order valence-electron chi connectivity index (χ1n) is 8.33. The zero-order chi connectivity index (χ0) is 16.7. The van der Waals surface area contributed by atoms with Gasteiger partial charge in [0.25, 0.3) is 0 Å². The summed E-state index contributed by atoms with van der Waals surface area (Å²) in [5.41, 5.74) is 4.32. The summed E-state index contributed by atoms with van der Waals surface area (Å²) in [5.74, 6) is 0.486. The summed E-state index contributed by atoms with van der Waals surface area (Å²) in [6, 6.07) is 1.50. The fraction of sp³-hybridized carbons (Fsp3) is 0.389.